The molecule has 0 aliphatic heterocycles. The number of hydrogen-bond donors (Lipinski definition) is 0. The zero-order valence-electron chi connectivity index (χ0n) is 33.4. The van der Waals surface area contributed by atoms with Gasteiger partial charge in [0.05, 0.1) is 0 Å². The second kappa shape index (κ2) is 15.6. The van der Waals surface area contributed by atoms with Gasteiger partial charge in [0.25, 0.3) is 0 Å². The predicted octanol–water partition coefficient (Wildman–Crippen LogP) is 15.1. The van der Waals surface area contributed by atoms with Gasteiger partial charge in [0.1, 0.15) is 0 Å². The van der Waals surface area contributed by atoms with E-state index >= 15 is 0 Å². The number of fused-ring (bicyclic) bond motifs is 2. The molecule has 0 N–H and O–H groups in total. The Hall–Kier alpha value is -1.97. The van der Waals surface area contributed by atoms with Crippen molar-refractivity contribution in [2.24, 2.45) is 23.7 Å². The van der Waals surface area contributed by atoms with E-state index in [1.807, 2.05) is 0 Å². The number of hydrogen-bond acceptors (Lipinski definition) is 0. The van der Waals surface area contributed by atoms with Gasteiger partial charge in [0.15, 0.2) is 0 Å². The van der Waals surface area contributed by atoms with Crippen molar-refractivity contribution in [1.82, 2.24) is 0 Å². The first kappa shape index (κ1) is 39.7. The van der Waals surface area contributed by atoms with Gasteiger partial charge in [-0.1, -0.05) is 0 Å². The Bertz CT molecular complexity index is 1860. The fraction of sp³-hybridized carbons (Fsp3) is 0.417. The normalized spacial score (nSPS) is 18.9. The van der Waals surface area contributed by atoms with E-state index in [0.29, 0.717) is 23.7 Å². The zero-order chi connectivity index (χ0) is 37.6. The first-order chi connectivity index (χ1) is 24.7. The molecule has 0 amide bonds. The van der Waals surface area contributed by atoms with Crippen LogP contribution in [0.3, 0.4) is 0 Å². The summed E-state index contributed by atoms with van der Waals surface area (Å²) in [6, 6.07) is 32.2. The summed E-state index contributed by atoms with van der Waals surface area (Å²) in [7, 11) is 17.9. The van der Waals surface area contributed by atoms with Crippen LogP contribution in [-0.4, -0.2) is 5.98 Å². The van der Waals surface area contributed by atoms with Crippen LogP contribution in [0.2, 0.25) is 13.1 Å². The van der Waals surface area contributed by atoms with Gasteiger partial charge in [0.2, 0.25) is 0 Å². The predicted molar refractivity (Wildman–Crippen MR) is 232 cm³/mol. The number of halogens is 2. The molecule has 0 heterocycles. The molecule has 0 saturated carbocycles. The molecule has 6 rings (SSSR count). The Morgan fingerprint density at radius 3 is 1.25 bits per heavy atom. The molecule has 4 aromatic carbocycles. The summed E-state index contributed by atoms with van der Waals surface area (Å²) in [5.41, 5.74) is 16.7. The van der Waals surface area contributed by atoms with E-state index in [2.05, 4.69) is 166 Å². The van der Waals surface area contributed by atoms with Gasteiger partial charge in [-0.3, -0.25) is 0 Å². The van der Waals surface area contributed by atoms with Crippen molar-refractivity contribution in [3.05, 3.63) is 129 Å². The monoisotopic (exact) mass is 915 g/mol. The molecule has 0 radical (unpaired) electrons. The third kappa shape index (κ3) is 6.90. The van der Waals surface area contributed by atoms with Gasteiger partial charge in [-0.15, -0.1) is 0 Å². The van der Waals surface area contributed by atoms with Crippen molar-refractivity contribution in [1.29, 1.82) is 0 Å². The van der Waals surface area contributed by atoms with E-state index in [1.165, 1.54) is 66.8 Å². The molecule has 0 saturated heterocycles. The molecule has 0 fully saturated rings. The van der Waals surface area contributed by atoms with E-state index in [4.69, 9.17) is 17.2 Å². The quantitative estimate of drug-likeness (QED) is 0.117. The van der Waals surface area contributed by atoms with Crippen molar-refractivity contribution >= 4 is 35.3 Å². The topological polar surface area (TPSA) is 0 Å². The molecule has 2 aliphatic carbocycles. The minimum atomic E-state index is -5.14. The number of benzene rings is 4. The Labute approximate surface area is 325 Å². The summed E-state index contributed by atoms with van der Waals surface area (Å²) < 4.78 is 0.184. The summed E-state index contributed by atoms with van der Waals surface area (Å²) in [5.74, 6) is 0.255. The molecule has 4 heteroatoms. The number of allylic oxidation sites excluding steroid dienone is 2. The molecule has 0 bridgehead atoms. The van der Waals surface area contributed by atoms with Gasteiger partial charge < -0.3 is 0 Å². The van der Waals surface area contributed by atoms with Crippen LogP contribution in [0.25, 0.3) is 34.4 Å². The summed E-state index contributed by atoms with van der Waals surface area (Å²) >= 11 is -5.14. The average Bonchev–Trinajstić information content (AvgIpc) is 3.72. The van der Waals surface area contributed by atoms with E-state index < -0.39 is 21.3 Å². The fourth-order valence-electron chi connectivity index (χ4n) is 9.51. The average molecular weight is 915 g/mol. The van der Waals surface area contributed by atoms with Crippen LogP contribution in [0.1, 0.15) is 109 Å². The number of rotatable bonds is 13. The first-order valence-corrected chi connectivity index (χ1v) is 42.3. The van der Waals surface area contributed by atoms with Crippen molar-refractivity contribution in [3.8, 4) is 22.3 Å². The van der Waals surface area contributed by atoms with Crippen molar-refractivity contribution in [2.45, 2.75) is 102 Å². The first-order valence-electron chi connectivity index (χ1n) is 20.1. The van der Waals surface area contributed by atoms with Gasteiger partial charge >= 0.3 is 327 Å². The molecular formula is C48H61Cl2HfSi. The Morgan fingerprint density at radius 1 is 0.538 bits per heavy atom. The van der Waals surface area contributed by atoms with Crippen LogP contribution < -0.4 is 0 Å². The van der Waals surface area contributed by atoms with Crippen molar-refractivity contribution in [3.63, 3.8) is 0 Å². The molecule has 4 unspecified atom stereocenters. The van der Waals surface area contributed by atoms with Gasteiger partial charge in [-0.25, -0.2) is 0 Å². The van der Waals surface area contributed by atoms with Crippen molar-refractivity contribution in [2.75, 3.05) is 0 Å². The maximum atomic E-state index is 8.95. The SMILES string of the molecule is CCC(C)C1=Cc2c(-c3ccccc3CC(C)C)cccc2[CH]1[Hf]([Cl])([Cl])([CH]1C(C(C)CC)=Cc2c(-c3ccccc3CC(C)C)cccc21)[SiH](C)C. The molecule has 2 aliphatic rings. The Kier molecular flexibility index (Phi) is 11.9. The molecule has 52 heavy (non-hydrogen) atoms. The molecule has 0 aromatic heterocycles. The summed E-state index contributed by atoms with van der Waals surface area (Å²) in [5, 5.41) is 0. The van der Waals surface area contributed by atoms with E-state index in [9.17, 15) is 0 Å². The third-order valence-electron chi connectivity index (χ3n) is 12.6. The van der Waals surface area contributed by atoms with E-state index in [1.54, 1.807) is 0 Å². The van der Waals surface area contributed by atoms with E-state index in [0.717, 1.165) is 25.7 Å². The van der Waals surface area contributed by atoms with E-state index in [-0.39, 0.29) is 7.35 Å². The van der Waals surface area contributed by atoms with Crippen molar-refractivity contribution < 1.29 is 15.3 Å². The summed E-state index contributed by atoms with van der Waals surface area (Å²) in [6.07, 6.45) is 9.39. The molecule has 0 spiro atoms. The van der Waals surface area contributed by atoms with Crippen LogP contribution in [0, 0.1) is 23.7 Å². The van der Waals surface area contributed by atoms with Gasteiger partial charge in [-0.2, -0.15) is 0 Å². The summed E-state index contributed by atoms with van der Waals surface area (Å²) in [4.78, 5) is 0. The third-order valence-corrected chi connectivity index (χ3v) is 85.2. The molecule has 4 aromatic rings. The van der Waals surface area contributed by atoms with Crippen LogP contribution in [0.4, 0.5) is 0 Å². The molecular weight excluding hydrogens is 854 g/mol. The second-order valence-corrected chi connectivity index (χ2v) is 76.6. The van der Waals surface area contributed by atoms with Crippen LogP contribution >= 0.6 is 17.2 Å². The zero-order valence-corrected chi connectivity index (χ0v) is 39.6. The van der Waals surface area contributed by atoms with Gasteiger partial charge in [0, 0.05) is 0 Å². The second-order valence-electron chi connectivity index (χ2n) is 17.3. The van der Waals surface area contributed by atoms with Crippen LogP contribution in [0.15, 0.2) is 96.1 Å². The molecule has 0 nitrogen and oxygen atoms in total. The molecule has 275 valence electrons. The summed E-state index contributed by atoms with van der Waals surface area (Å²) in [6.45, 7) is 23.8. The Morgan fingerprint density at radius 2 is 0.904 bits per heavy atom. The van der Waals surface area contributed by atoms with Gasteiger partial charge in [-0.05, 0) is 0 Å². The fourth-order valence-corrected chi connectivity index (χ4v) is 53.8. The van der Waals surface area contributed by atoms with Crippen LogP contribution in [-0.2, 0) is 28.1 Å². The molecule has 4 atom stereocenters. The van der Waals surface area contributed by atoms with Crippen LogP contribution in [0.5, 0.6) is 0 Å². The minimum absolute atomic E-state index is 0.0921. The maximum absolute atomic E-state index is 8.95. The Balaban J connectivity index is 1.63. The standard InChI is InChI=1S/2C23H27.C2H7Si.2ClH.Hf/c2*1-5-17(4)20-14-19-10-8-12-22(23(19)15-20)21-11-7-6-9-18(21)13-16(2)3;1-3-2;;;/h2*6-12,14-17H,5,13H2,1-4H3;3H,1-2H3;2*1H;/q;;;;;+2/p-2.